The number of nitrogens with zero attached hydrogens (tertiary/aromatic N) is 2. The van der Waals surface area contributed by atoms with Gasteiger partial charge in [0.15, 0.2) is 5.82 Å². The van der Waals surface area contributed by atoms with Gasteiger partial charge in [-0.25, -0.2) is 18.6 Å². The van der Waals surface area contributed by atoms with Crippen LogP contribution >= 0.6 is 12.2 Å². The van der Waals surface area contributed by atoms with Crippen molar-refractivity contribution in [1.82, 2.24) is 14.9 Å². The molecule has 0 spiro atoms. The first-order valence-electron chi connectivity index (χ1n) is 3.97. The van der Waals surface area contributed by atoms with E-state index in [4.69, 9.17) is 18.1 Å². The van der Waals surface area contributed by atoms with Gasteiger partial charge < -0.3 is 5.84 Å². The molecule has 0 aliphatic carbocycles. The first-order valence-corrected chi connectivity index (χ1v) is 4.38. The summed E-state index contributed by atoms with van der Waals surface area (Å²) in [4.78, 5) is 0. The summed E-state index contributed by atoms with van der Waals surface area (Å²) in [7, 11) is 0. The molecule has 0 atom stereocenters. The molecule has 0 unspecified atom stereocenters. The highest BCUT2D eigenvalue weighted by atomic mass is 32.1. The van der Waals surface area contributed by atoms with Crippen LogP contribution in [-0.2, 0) is 0 Å². The van der Waals surface area contributed by atoms with E-state index in [2.05, 4.69) is 10.2 Å². The molecule has 3 N–H and O–H groups in total. The van der Waals surface area contributed by atoms with Crippen molar-refractivity contribution in [2.45, 2.75) is 0 Å². The summed E-state index contributed by atoms with van der Waals surface area (Å²) in [6.07, 6.45) is 0. The molecule has 1 aromatic heterocycles. The van der Waals surface area contributed by atoms with Crippen molar-refractivity contribution in [1.29, 1.82) is 0 Å². The van der Waals surface area contributed by atoms with Gasteiger partial charge in [0.2, 0.25) is 4.77 Å². The number of nitrogens with two attached hydrogens (primary N) is 1. The fourth-order valence-corrected chi connectivity index (χ4v) is 1.30. The number of hydrogen-bond donors (Lipinski definition) is 2. The fourth-order valence-electron chi connectivity index (χ4n) is 1.16. The Bertz CT molecular complexity index is 560. The number of nitrogens with one attached hydrogen (secondary N) is 1. The topological polar surface area (TPSA) is 59.6 Å². The Balaban J connectivity index is 2.68. The van der Waals surface area contributed by atoms with Crippen molar-refractivity contribution in [3.05, 3.63) is 34.6 Å². The quantitative estimate of drug-likeness (QED) is 0.575. The van der Waals surface area contributed by atoms with E-state index in [0.717, 1.165) is 22.9 Å². The van der Waals surface area contributed by atoms with E-state index in [-0.39, 0.29) is 16.2 Å². The molecule has 1 heterocycles. The van der Waals surface area contributed by atoms with Crippen LogP contribution in [0.4, 0.5) is 8.78 Å². The van der Waals surface area contributed by atoms with Gasteiger partial charge in [0.05, 0.1) is 5.56 Å². The molecule has 0 fully saturated rings. The molecule has 0 saturated heterocycles. The number of aromatic nitrogens is 3. The second-order valence-corrected chi connectivity index (χ2v) is 3.23. The molecule has 0 amide bonds. The van der Waals surface area contributed by atoms with Crippen molar-refractivity contribution in [2.24, 2.45) is 0 Å². The van der Waals surface area contributed by atoms with Gasteiger partial charge in [-0.15, -0.1) is 0 Å². The van der Waals surface area contributed by atoms with Crippen molar-refractivity contribution in [3.63, 3.8) is 0 Å². The van der Waals surface area contributed by atoms with Gasteiger partial charge in [-0.2, -0.15) is 5.10 Å². The van der Waals surface area contributed by atoms with Crippen LogP contribution in [0.3, 0.4) is 0 Å². The van der Waals surface area contributed by atoms with Crippen molar-refractivity contribution < 1.29 is 8.78 Å². The van der Waals surface area contributed by atoms with Crippen LogP contribution in [0.2, 0.25) is 0 Å². The summed E-state index contributed by atoms with van der Waals surface area (Å²) in [5.74, 6) is 4.35. The van der Waals surface area contributed by atoms with Gasteiger partial charge in [0, 0.05) is 0 Å². The second kappa shape index (κ2) is 3.43. The Morgan fingerprint density at radius 3 is 2.73 bits per heavy atom. The van der Waals surface area contributed by atoms with E-state index < -0.39 is 11.6 Å². The zero-order chi connectivity index (χ0) is 11.0. The van der Waals surface area contributed by atoms with Crippen LogP contribution in [-0.4, -0.2) is 14.9 Å². The van der Waals surface area contributed by atoms with Gasteiger partial charge in [-0.1, -0.05) is 0 Å². The number of H-pyrrole nitrogens is 1. The van der Waals surface area contributed by atoms with E-state index >= 15 is 0 Å². The zero-order valence-corrected chi connectivity index (χ0v) is 8.18. The number of benzene rings is 1. The number of hydrogen-bond acceptors (Lipinski definition) is 3. The third kappa shape index (κ3) is 1.61. The van der Waals surface area contributed by atoms with Crippen molar-refractivity contribution in [2.75, 3.05) is 5.84 Å². The first kappa shape index (κ1) is 9.78. The summed E-state index contributed by atoms with van der Waals surface area (Å²) >= 11 is 4.75. The standard InChI is InChI=1S/C8H6F2N4S/c9-4-1-2-6(10)5(3-4)7-12-13-8(15)14(7)11/h1-3H,11H2,(H,13,15). The molecule has 0 bridgehead atoms. The normalized spacial score (nSPS) is 10.5. The third-order valence-corrected chi connectivity index (χ3v) is 2.16. The summed E-state index contributed by atoms with van der Waals surface area (Å²) in [5.41, 5.74) is -0.0372. The number of rotatable bonds is 1. The molecular formula is C8H6F2N4S. The Kier molecular flexibility index (Phi) is 2.24. The molecule has 0 aliphatic heterocycles. The lowest BCUT2D eigenvalue weighted by Crippen LogP contribution is -2.10. The maximum Gasteiger partial charge on any atom is 0.214 e. The van der Waals surface area contributed by atoms with Crippen LogP contribution in [0.15, 0.2) is 18.2 Å². The molecule has 1 aromatic carbocycles. The molecular weight excluding hydrogens is 222 g/mol. The predicted octanol–water partition coefficient (Wildman–Crippen LogP) is 1.60. The molecule has 0 radical (unpaired) electrons. The van der Waals surface area contributed by atoms with Crippen LogP contribution in [0.1, 0.15) is 0 Å². The minimum Gasteiger partial charge on any atom is -0.335 e. The van der Waals surface area contributed by atoms with E-state index in [1.54, 1.807) is 0 Å². The smallest absolute Gasteiger partial charge is 0.214 e. The van der Waals surface area contributed by atoms with Crippen LogP contribution in [0, 0.1) is 16.4 Å². The average molecular weight is 228 g/mol. The molecule has 7 heteroatoms. The Morgan fingerprint density at radius 2 is 2.13 bits per heavy atom. The average Bonchev–Trinajstić information content (AvgIpc) is 2.52. The highest BCUT2D eigenvalue weighted by Crippen LogP contribution is 2.20. The SMILES string of the molecule is Nn1c(-c2cc(F)ccc2F)n[nH]c1=S. The Morgan fingerprint density at radius 1 is 1.40 bits per heavy atom. The van der Waals surface area contributed by atoms with E-state index in [1.165, 1.54) is 0 Å². The molecule has 4 nitrogen and oxygen atoms in total. The van der Waals surface area contributed by atoms with Crippen LogP contribution in [0.5, 0.6) is 0 Å². The predicted molar refractivity (Wildman–Crippen MR) is 52.9 cm³/mol. The van der Waals surface area contributed by atoms with Crippen LogP contribution in [0.25, 0.3) is 11.4 Å². The van der Waals surface area contributed by atoms with Crippen molar-refractivity contribution in [3.8, 4) is 11.4 Å². The second-order valence-electron chi connectivity index (χ2n) is 2.85. The molecule has 0 aliphatic rings. The molecule has 15 heavy (non-hydrogen) atoms. The highest BCUT2D eigenvalue weighted by molar-refractivity contribution is 7.71. The van der Waals surface area contributed by atoms with Gasteiger partial charge in [0.25, 0.3) is 0 Å². The lowest BCUT2D eigenvalue weighted by molar-refractivity contribution is 0.601. The van der Waals surface area contributed by atoms with Gasteiger partial charge in [-0.05, 0) is 30.4 Å². The monoisotopic (exact) mass is 228 g/mol. The number of aromatic amines is 1. The lowest BCUT2D eigenvalue weighted by atomic mass is 10.2. The minimum absolute atomic E-state index is 0.0372. The third-order valence-electron chi connectivity index (χ3n) is 1.87. The first-order chi connectivity index (χ1) is 7.09. The van der Waals surface area contributed by atoms with E-state index in [9.17, 15) is 8.78 Å². The summed E-state index contributed by atoms with van der Waals surface area (Å²) in [6.45, 7) is 0. The maximum absolute atomic E-state index is 13.3. The van der Waals surface area contributed by atoms with Crippen molar-refractivity contribution >= 4 is 12.2 Å². The van der Waals surface area contributed by atoms with Gasteiger partial charge >= 0.3 is 0 Å². The molecule has 2 rings (SSSR count). The van der Waals surface area contributed by atoms with E-state index in [0.29, 0.717) is 0 Å². The van der Waals surface area contributed by atoms with Gasteiger partial charge in [0.1, 0.15) is 11.6 Å². The Hall–Kier alpha value is -1.76. The highest BCUT2D eigenvalue weighted by Gasteiger charge is 2.12. The van der Waals surface area contributed by atoms with E-state index in [1.807, 2.05) is 0 Å². The summed E-state index contributed by atoms with van der Waals surface area (Å²) in [6, 6.07) is 3.02. The molecule has 0 saturated carbocycles. The molecule has 78 valence electrons. The summed E-state index contributed by atoms with van der Waals surface area (Å²) < 4.78 is 27.3. The minimum atomic E-state index is -0.614. The number of halogens is 2. The zero-order valence-electron chi connectivity index (χ0n) is 7.37. The van der Waals surface area contributed by atoms with Gasteiger partial charge in [-0.3, -0.25) is 0 Å². The fraction of sp³-hybridized carbons (Fsp3) is 0. The maximum atomic E-state index is 13.3. The van der Waals surface area contributed by atoms with Crippen LogP contribution < -0.4 is 5.84 Å². The molecule has 2 aromatic rings. The number of nitrogen functional groups attached to an aromatic ring is 1. The summed E-state index contributed by atoms with van der Waals surface area (Å²) in [5, 5.41) is 6.09. The lowest BCUT2D eigenvalue weighted by Gasteiger charge is -2.01. The largest absolute Gasteiger partial charge is 0.335 e. The Labute approximate surface area is 88.3 Å².